The van der Waals surface area contributed by atoms with Gasteiger partial charge < -0.3 is 14.6 Å². The summed E-state index contributed by atoms with van der Waals surface area (Å²) in [6.07, 6.45) is 0. The van der Waals surface area contributed by atoms with E-state index in [-0.39, 0.29) is 32.7 Å². The van der Waals surface area contributed by atoms with Crippen LogP contribution in [0.4, 0.5) is 5.69 Å². The van der Waals surface area contributed by atoms with Gasteiger partial charge in [0.2, 0.25) is 0 Å². The predicted molar refractivity (Wildman–Crippen MR) is 88.8 cm³/mol. The lowest BCUT2D eigenvalue weighted by Gasteiger charge is -2.16. The zero-order valence-electron chi connectivity index (χ0n) is 12.7. The van der Waals surface area contributed by atoms with Gasteiger partial charge in [-0.3, -0.25) is 4.72 Å². The summed E-state index contributed by atoms with van der Waals surface area (Å²) in [6.45, 7) is 0. The monoisotopic (exact) mass is 371 g/mol. The third-order valence-electron chi connectivity index (χ3n) is 3.12. The minimum absolute atomic E-state index is 0.00220. The highest BCUT2D eigenvalue weighted by Gasteiger charge is 2.24. The number of carbonyl (C=O) groups is 1. The van der Waals surface area contributed by atoms with Crippen LogP contribution in [0.1, 0.15) is 10.4 Å². The zero-order chi connectivity index (χ0) is 17.9. The zero-order valence-corrected chi connectivity index (χ0v) is 14.3. The Morgan fingerprint density at radius 2 is 1.83 bits per heavy atom. The van der Waals surface area contributed by atoms with Crippen LogP contribution in [0.2, 0.25) is 5.02 Å². The maximum atomic E-state index is 12.5. The van der Waals surface area contributed by atoms with Gasteiger partial charge in [0.15, 0.2) is 0 Å². The van der Waals surface area contributed by atoms with Gasteiger partial charge in [-0.2, -0.15) is 0 Å². The first-order valence-corrected chi connectivity index (χ1v) is 8.43. The largest absolute Gasteiger partial charge is 0.497 e. The molecule has 0 saturated heterocycles. The van der Waals surface area contributed by atoms with Crippen molar-refractivity contribution in [2.45, 2.75) is 4.90 Å². The molecular weight excluding hydrogens is 358 g/mol. The maximum absolute atomic E-state index is 12.5. The molecule has 2 aromatic rings. The number of ether oxygens (including phenoxy) is 2. The van der Waals surface area contributed by atoms with Crippen molar-refractivity contribution >= 4 is 33.3 Å². The Balaban J connectivity index is 2.60. The molecule has 2 rings (SSSR count). The minimum atomic E-state index is -4.12. The van der Waals surface area contributed by atoms with Crippen LogP contribution in [0.3, 0.4) is 0 Å². The highest BCUT2D eigenvalue weighted by molar-refractivity contribution is 7.92. The number of methoxy groups -OCH3 is 2. The molecule has 0 aliphatic heterocycles. The quantitative estimate of drug-likeness (QED) is 0.809. The van der Waals surface area contributed by atoms with E-state index in [1.807, 2.05) is 0 Å². The summed E-state index contributed by atoms with van der Waals surface area (Å²) in [4.78, 5) is 11.3. The van der Waals surface area contributed by atoms with Gasteiger partial charge in [-0.15, -0.1) is 0 Å². The van der Waals surface area contributed by atoms with Crippen LogP contribution in [0.25, 0.3) is 0 Å². The molecule has 0 fully saturated rings. The fourth-order valence-corrected chi connectivity index (χ4v) is 3.61. The van der Waals surface area contributed by atoms with Crippen LogP contribution < -0.4 is 14.2 Å². The molecule has 0 aliphatic carbocycles. The Kier molecular flexibility index (Phi) is 5.20. The van der Waals surface area contributed by atoms with E-state index in [4.69, 9.17) is 21.1 Å². The number of nitrogens with one attached hydrogen (secondary N) is 1. The van der Waals surface area contributed by atoms with Crippen LogP contribution in [0.15, 0.2) is 41.3 Å². The average molecular weight is 372 g/mol. The molecular formula is C15H14ClNO6S. The normalized spacial score (nSPS) is 11.0. The number of rotatable bonds is 6. The van der Waals surface area contributed by atoms with Crippen molar-refractivity contribution in [1.29, 1.82) is 0 Å². The first-order valence-electron chi connectivity index (χ1n) is 6.57. The van der Waals surface area contributed by atoms with Crippen molar-refractivity contribution in [3.63, 3.8) is 0 Å². The Morgan fingerprint density at radius 3 is 2.38 bits per heavy atom. The second kappa shape index (κ2) is 6.98. The molecule has 2 aromatic carbocycles. The Labute approximate surface area is 143 Å². The van der Waals surface area contributed by atoms with Gasteiger partial charge in [0.25, 0.3) is 10.0 Å². The lowest BCUT2D eigenvalue weighted by atomic mass is 10.1. The highest BCUT2D eigenvalue weighted by Crippen LogP contribution is 2.36. The summed E-state index contributed by atoms with van der Waals surface area (Å²) < 4.78 is 37.4. The van der Waals surface area contributed by atoms with E-state index in [2.05, 4.69) is 4.72 Å². The average Bonchev–Trinajstić information content (AvgIpc) is 2.54. The van der Waals surface area contributed by atoms with Crippen LogP contribution in [-0.4, -0.2) is 33.7 Å². The summed E-state index contributed by atoms with van der Waals surface area (Å²) in [5, 5.41) is 9.36. The van der Waals surface area contributed by atoms with E-state index in [0.717, 1.165) is 0 Å². The Morgan fingerprint density at radius 1 is 1.17 bits per heavy atom. The van der Waals surface area contributed by atoms with Gasteiger partial charge in [0, 0.05) is 6.07 Å². The van der Waals surface area contributed by atoms with Crippen LogP contribution >= 0.6 is 11.6 Å². The predicted octanol–water partition coefficient (Wildman–Crippen LogP) is 2.86. The molecule has 9 heteroatoms. The van der Waals surface area contributed by atoms with Gasteiger partial charge >= 0.3 is 5.97 Å². The van der Waals surface area contributed by atoms with Crippen molar-refractivity contribution in [3.05, 3.63) is 47.0 Å². The second-order valence-electron chi connectivity index (χ2n) is 4.59. The number of hydrogen-bond donors (Lipinski definition) is 2. The molecule has 0 heterocycles. The lowest BCUT2D eigenvalue weighted by molar-refractivity contribution is 0.0697. The molecule has 0 bridgehead atoms. The summed E-state index contributed by atoms with van der Waals surface area (Å²) in [7, 11) is -1.48. The van der Waals surface area contributed by atoms with Crippen molar-refractivity contribution in [1.82, 2.24) is 0 Å². The molecule has 24 heavy (non-hydrogen) atoms. The molecule has 0 atom stereocenters. The number of hydrogen-bond acceptors (Lipinski definition) is 5. The molecule has 0 amide bonds. The number of sulfonamides is 1. The fraction of sp³-hybridized carbons (Fsp3) is 0.133. The lowest BCUT2D eigenvalue weighted by Crippen LogP contribution is -2.17. The minimum Gasteiger partial charge on any atom is -0.497 e. The van der Waals surface area contributed by atoms with Crippen LogP contribution in [0.5, 0.6) is 11.5 Å². The van der Waals surface area contributed by atoms with Gasteiger partial charge in [0.05, 0.1) is 24.8 Å². The Hall–Kier alpha value is -2.45. The summed E-state index contributed by atoms with van der Waals surface area (Å²) in [6, 6.07) is 8.37. The standard InChI is InChI=1S/C15H14ClNO6S/c1-22-9-7-10(15(18)19)14(12(8-9)23-2)17-24(20,21)13-6-4-3-5-11(13)16/h3-8,17H,1-2H3,(H,18,19). The van der Waals surface area contributed by atoms with Gasteiger partial charge in [-0.1, -0.05) is 23.7 Å². The summed E-state index contributed by atoms with van der Waals surface area (Å²) in [5.74, 6) is -1.13. The molecule has 0 spiro atoms. The number of carboxylic acid groups (broad SMARTS) is 1. The number of benzene rings is 2. The van der Waals surface area contributed by atoms with E-state index in [1.54, 1.807) is 6.07 Å². The SMILES string of the molecule is COc1cc(OC)c(NS(=O)(=O)c2ccccc2Cl)c(C(=O)O)c1. The second-order valence-corrected chi connectivity index (χ2v) is 6.65. The maximum Gasteiger partial charge on any atom is 0.338 e. The van der Waals surface area contributed by atoms with Crippen LogP contribution in [0, 0.1) is 0 Å². The third-order valence-corrected chi connectivity index (χ3v) is 4.97. The first-order chi connectivity index (χ1) is 11.3. The molecule has 7 nitrogen and oxygen atoms in total. The smallest absolute Gasteiger partial charge is 0.338 e. The first kappa shape index (κ1) is 17.9. The van der Waals surface area contributed by atoms with E-state index in [0.29, 0.717) is 0 Å². The van der Waals surface area contributed by atoms with Crippen molar-refractivity contribution in [2.75, 3.05) is 18.9 Å². The molecule has 0 unspecified atom stereocenters. The van der Waals surface area contributed by atoms with Crippen LogP contribution in [-0.2, 0) is 10.0 Å². The highest BCUT2D eigenvalue weighted by atomic mass is 35.5. The third kappa shape index (κ3) is 3.55. The topological polar surface area (TPSA) is 102 Å². The number of carboxylic acids is 1. The number of halogens is 1. The van der Waals surface area contributed by atoms with E-state index in [1.165, 1.54) is 44.6 Å². The molecule has 0 aromatic heterocycles. The van der Waals surface area contributed by atoms with Crippen molar-refractivity contribution in [3.8, 4) is 11.5 Å². The van der Waals surface area contributed by atoms with Gasteiger partial charge in [0.1, 0.15) is 22.1 Å². The number of anilines is 1. The summed E-state index contributed by atoms with van der Waals surface area (Å²) >= 11 is 5.91. The Bertz CT molecular complexity index is 882. The number of aromatic carboxylic acids is 1. The molecule has 128 valence electrons. The molecule has 2 N–H and O–H groups in total. The molecule has 0 aliphatic rings. The van der Waals surface area contributed by atoms with Crippen molar-refractivity contribution < 1.29 is 27.8 Å². The fourth-order valence-electron chi connectivity index (χ4n) is 1.99. The van der Waals surface area contributed by atoms with E-state index in [9.17, 15) is 18.3 Å². The van der Waals surface area contributed by atoms with Gasteiger partial charge in [-0.05, 0) is 18.2 Å². The molecule has 0 radical (unpaired) electrons. The summed E-state index contributed by atoms with van der Waals surface area (Å²) in [5.41, 5.74) is -0.535. The van der Waals surface area contributed by atoms with E-state index < -0.39 is 16.0 Å². The molecule has 0 saturated carbocycles. The van der Waals surface area contributed by atoms with E-state index >= 15 is 0 Å². The van der Waals surface area contributed by atoms with Gasteiger partial charge in [-0.25, -0.2) is 13.2 Å². The van der Waals surface area contributed by atoms with Crippen molar-refractivity contribution in [2.24, 2.45) is 0 Å².